The first kappa shape index (κ1) is 14.6. The number of carbonyl (C=O) groups is 1. The molecule has 0 aromatic heterocycles. The number of carbonyl (C=O) groups excluding carboxylic acids is 1. The van der Waals surface area contributed by atoms with Gasteiger partial charge in [-0.15, -0.1) is 0 Å². The van der Waals surface area contributed by atoms with E-state index in [1.54, 1.807) is 4.72 Å². The second kappa shape index (κ2) is 5.62. The van der Waals surface area contributed by atoms with Gasteiger partial charge in [0.05, 0.1) is 0 Å². The molecule has 0 aliphatic carbocycles. The summed E-state index contributed by atoms with van der Waals surface area (Å²) in [5.41, 5.74) is 0.436. The Hall–Kier alpha value is -0.400. The maximum absolute atomic E-state index is 10.9. The van der Waals surface area contributed by atoms with E-state index in [1.807, 2.05) is 0 Å². The Morgan fingerprint density at radius 3 is 2.47 bits per heavy atom. The van der Waals surface area contributed by atoms with Crippen LogP contribution in [0.2, 0.25) is 0 Å². The fourth-order valence-corrected chi connectivity index (χ4v) is 1.36. The Bertz CT molecular complexity index is 457. The van der Waals surface area contributed by atoms with Gasteiger partial charge >= 0.3 is 29.6 Å². The number of hydrogen-bond donors (Lipinski definition) is 1. The van der Waals surface area contributed by atoms with Crippen LogP contribution >= 0.6 is 0 Å². The van der Waals surface area contributed by atoms with Gasteiger partial charge in [-0.05, 0) is 19.1 Å². The first-order valence-electron chi connectivity index (χ1n) is 3.73. The average molecular weight is 237 g/mol. The molecule has 15 heavy (non-hydrogen) atoms. The van der Waals surface area contributed by atoms with Crippen LogP contribution in [0.1, 0.15) is 17.3 Å². The number of benzene rings is 1. The van der Waals surface area contributed by atoms with E-state index in [9.17, 15) is 17.8 Å². The van der Waals surface area contributed by atoms with Crippen molar-refractivity contribution in [3.05, 3.63) is 29.8 Å². The molecule has 1 rings (SSSR count). The Morgan fingerprint density at radius 1 is 1.40 bits per heavy atom. The van der Waals surface area contributed by atoms with Gasteiger partial charge < -0.3 is 4.55 Å². The van der Waals surface area contributed by atoms with E-state index < -0.39 is 10.3 Å². The molecule has 0 bridgehead atoms. The Morgan fingerprint density at radius 2 is 2.00 bits per heavy atom. The van der Waals surface area contributed by atoms with Crippen LogP contribution in [0.25, 0.3) is 0 Å². The Labute approximate surface area is 110 Å². The SMILES string of the molecule is CC(=O)c1cccc(NS(=O)(=O)[O-])c1.[Na+]. The van der Waals surface area contributed by atoms with Gasteiger partial charge in [-0.1, -0.05) is 12.1 Å². The van der Waals surface area contributed by atoms with Crippen LogP contribution < -0.4 is 34.3 Å². The molecule has 0 aliphatic heterocycles. The summed E-state index contributed by atoms with van der Waals surface area (Å²) < 4.78 is 32.7. The monoisotopic (exact) mass is 237 g/mol. The summed E-state index contributed by atoms with van der Waals surface area (Å²) >= 11 is 0. The topological polar surface area (TPSA) is 86.3 Å². The van der Waals surface area contributed by atoms with E-state index in [1.165, 1.54) is 31.2 Å². The smallest absolute Gasteiger partial charge is 0.731 e. The summed E-state index contributed by atoms with van der Waals surface area (Å²) in [6.07, 6.45) is 0. The third-order valence-corrected chi connectivity index (χ3v) is 2.00. The van der Waals surface area contributed by atoms with Gasteiger partial charge in [-0.2, -0.15) is 0 Å². The van der Waals surface area contributed by atoms with Gasteiger partial charge in [0.1, 0.15) is 0 Å². The standard InChI is InChI=1S/C8H9NO4S.Na/c1-6(10)7-3-2-4-8(5-7)9-14(11,12)13;/h2-5,9H,1H3,(H,11,12,13);/q;+1/p-1. The molecule has 0 unspecified atom stereocenters. The van der Waals surface area contributed by atoms with Gasteiger partial charge in [0.2, 0.25) is 0 Å². The minimum atomic E-state index is -4.53. The molecule has 1 N–H and O–H groups in total. The number of anilines is 1. The summed E-state index contributed by atoms with van der Waals surface area (Å²) in [6.45, 7) is 1.35. The molecular weight excluding hydrogens is 229 g/mol. The fourth-order valence-electron chi connectivity index (χ4n) is 0.946. The van der Waals surface area contributed by atoms with Gasteiger partial charge in [0, 0.05) is 11.3 Å². The van der Waals surface area contributed by atoms with Crippen molar-refractivity contribution < 1.29 is 47.3 Å². The minimum Gasteiger partial charge on any atom is -0.731 e. The Balaban J connectivity index is 0.00000196. The summed E-state index contributed by atoms with van der Waals surface area (Å²) in [4.78, 5) is 10.9. The number of ketones is 1. The van der Waals surface area contributed by atoms with Crippen LogP contribution in [0.3, 0.4) is 0 Å². The molecule has 0 atom stereocenters. The Kier molecular flexibility index (Phi) is 5.47. The van der Waals surface area contributed by atoms with Crippen molar-refractivity contribution in [1.29, 1.82) is 0 Å². The maximum Gasteiger partial charge on any atom is 1.00 e. The number of hydrogen-bond acceptors (Lipinski definition) is 4. The quantitative estimate of drug-likeness (QED) is 0.366. The first-order chi connectivity index (χ1) is 6.38. The van der Waals surface area contributed by atoms with Gasteiger partial charge in [0.15, 0.2) is 16.1 Å². The van der Waals surface area contributed by atoms with Crippen molar-refractivity contribution in [2.45, 2.75) is 6.92 Å². The van der Waals surface area contributed by atoms with Crippen LogP contribution in [0.15, 0.2) is 24.3 Å². The van der Waals surface area contributed by atoms with E-state index >= 15 is 0 Å². The molecule has 0 amide bonds. The molecule has 0 saturated carbocycles. The maximum atomic E-state index is 10.9. The molecule has 1 aromatic carbocycles. The van der Waals surface area contributed by atoms with Crippen molar-refractivity contribution in [3.8, 4) is 0 Å². The second-order valence-electron chi connectivity index (χ2n) is 2.69. The van der Waals surface area contributed by atoms with Crippen molar-refractivity contribution in [1.82, 2.24) is 0 Å². The average Bonchev–Trinajstić information content (AvgIpc) is 2.01. The van der Waals surface area contributed by atoms with Crippen LogP contribution in [0.4, 0.5) is 5.69 Å². The molecule has 0 saturated heterocycles. The number of rotatable bonds is 3. The molecular formula is C8H8NNaO4S. The molecule has 5 nitrogen and oxygen atoms in total. The normalized spacial score (nSPS) is 10.3. The molecule has 0 radical (unpaired) electrons. The number of Topliss-reactive ketones (excluding diaryl/α,β-unsaturated/α-hetero) is 1. The predicted octanol–water partition coefficient (Wildman–Crippen LogP) is -2.23. The van der Waals surface area contributed by atoms with E-state index in [0.717, 1.165) is 0 Å². The van der Waals surface area contributed by atoms with Gasteiger partial charge in [-0.25, -0.2) is 8.42 Å². The molecule has 1 aromatic rings. The van der Waals surface area contributed by atoms with Crippen LogP contribution in [-0.2, 0) is 10.3 Å². The molecule has 0 fully saturated rings. The fraction of sp³-hybridized carbons (Fsp3) is 0.125. The molecule has 0 aliphatic rings. The van der Waals surface area contributed by atoms with Gasteiger partial charge in [-0.3, -0.25) is 9.52 Å². The summed E-state index contributed by atoms with van der Waals surface area (Å²) in [5.74, 6) is -0.197. The summed E-state index contributed by atoms with van der Waals surface area (Å²) in [5, 5.41) is 0. The molecule has 76 valence electrons. The van der Waals surface area contributed by atoms with Gasteiger partial charge in [0.25, 0.3) is 0 Å². The van der Waals surface area contributed by atoms with Crippen molar-refractivity contribution >= 4 is 21.8 Å². The zero-order valence-corrected chi connectivity index (χ0v) is 11.2. The van der Waals surface area contributed by atoms with Crippen molar-refractivity contribution in [2.75, 3.05) is 4.72 Å². The van der Waals surface area contributed by atoms with E-state index in [-0.39, 0.29) is 41.0 Å². The van der Waals surface area contributed by atoms with E-state index in [0.29, 0.717) is 5.56 Å². The third kappa shape index (κ3) is 5.29. The first-order valence-corrected chi connectivity index (χ1v) is 5.14. The van der Waals surface area contributed by atoms with Crippen molar-refractivity contribution in [2.24, 2.45) is 0 Å². The molecule has 0 spiro atoms. The van der Waals surface area contributed by atoms with Crippen LogP contribution in [-0.4, -0.2) is 18.8 Å². The van der Waals surface area contributed by atoms with Crippen LogP contribution in [0.5, 0.6) is 0 Å². The minimum absolute atomic E-state index is 0. The number of nitrogens with one attached hydrogen (secondary N) is 1. The molecule has 0 heterocycles. The third-order valence-electron chi connectivity index (χ3n) is 1.51. The second-order valence-corrected chi connectivity index (χ2v) is 3.81. The summed E-state index contributed by atoms with van der Waals surface area (Å²) in [7, 11) is -4.53. The molecule has 7 heteroatoms. The zero-order chi connectivity index (χ0) is 10.8. The summed E-state index contributed by atoms with van der Waals surface area (Å²) in [6, 6.07) is 5.72. The van der Waals surface area contributed by atoms with Crippen LogP contribution in [0, 0.1) is 0 Å². The van der Waals surface area contributed by atoms with Crippen molar-refractivity contribution in [3.63, 3.8) is 0 Å². The van der Waals surface area contributed by atoms with E-state index in [2.05, 4.69) is 0 Å². The predicted molar refractivity (Wildman–Crippen MR) is 49.8 cm³/mol. The largest absolute Gasteiger partial charge is 1.00 e. The van der Waals surface area contributed by atoms with E-state index in [4.69, 9.17) is 0 Å². The zero-order valence-electron chi connectivity index (χ0n) is 8.35.